The molecule has 1 rings (SSSR count). The first-order valence-corrected chi connectivity index (χ1v) is 3.41. The first kappa shape index (κ1) is 11.1. The number of aryl methyl sites for hydroxylation is 1. The molecular weight excluding hydrogens is 172 g/mol. The Labute approximate surface area is 75.4 Å². The van der Waals surface area contributed by atoms with E-state index in [4.69, 9.17) is 15.6 Å². The van der Waals surface area contributed by atoms with E-state index in [1.54, 1.807) is 23.0 Å². The molecule has 2 N–H and O–H groups in total. The molecule has 70 valence electrons. The second kappa shape index (κ2) is 5.70. The van der Waals surface area contributed by atoms with Crippen LogP contribution in [0.5, 0.6) is 0 Å². The topological polar surface area (TPSA) is 87.1 Å². The van der Waals surface area contributed by atoms with Gasteiger partial charge in [-0.15, -0.1) is 0 Å². The largest absolute Gasteiger partial charge is 0.554 e. The summed E-state index contributed by atoms with van der Waals surface area (Å²) in [7, 11) is 1.85. The summed E-state index contributed by atoms with van der Waals surface area (Å²) in [6, 6.07) is 1.68. The molecule has 0 aliphatic carbocycles. The van der Waals surface area contributed by atoms with Crippen molar-refractivity contribution in [1.29, 1.82) is 0 Å². The number of carboxylic acid groups (broad SMARTS) is 1. The third-order valence-electron chi connectivity index (χ3n) is 1.29. The lowest BCUT2D eigenvalue weighted by molar-refractivity contribution is -0.670. The second-order valence-corrected chi connectivity index (χ2v) is 2.24. The highest BCUT2D eigenvalue weighted by molar-refractivity contribution is 5.81. The highest BCUT2D eigenvalue weighted by Crippen LogP contribution is 2.02. The molecule has 5 heteroatoms. The van der Waals surface area contributed by atoms with Gasteiger partial charge in [-0.2, -0.15) is 0 Å². The summed E-state index contributed by atoms with van der Waals surface area (Å²) in [6.07, 6.45) is 4.22. The summed E-state index contributed by atoms with van der Waals surface area (Å²) in [4.78, 5) is 18.5. The van der Waals surface area contributed by atoms with E-state index in [2.05, 4.69) is 0 Å². The van der Waals surface area contributed by atoms with Crippen LogP contribution in [0.15, 0.2) is 18.5 Å². The van der Waals surface area contributed by atoms with E-state index in [-0.39, 0.29) is 0 Å². The number of aldehydes is 1. The fourth-order valence-electron chi connectivity index (χ4n) is 0.738. The quantitative estimate of drug-likeness (QED) is 0.413. The molecule has 0 unspecified atom stereocenters. The molecule has 0 aliphatic rings. The summed E-state index contributed by atoms with van der Waals surface area (Å²) in [5.74, 6) is 0. The van der Waals surface area contributed by atoms with Crippen molar-refractivity contribution in [3.63, 3.8) is 0 Å². The molecule has 0 saturated heterocycles. The van der Waals surface area contributed by atoms with Crippen molar-refractivity contribution in [2.75, 3.05) is 5.73 Å². The van der Waals surface area contributed by atoms with Crippen molar-refractivity contribution in [3.8, 4) is 0 Å². The minimum Gasteiger partial charge on any atom is -0.554 e. The number of hydrogen-bond donors (Lipinski definition) is 1. The number of hydrogen-bond acceptors (Lipinski definition) is 4. The van der Waals surface area contributed by atoms with E-state index in [1.165, 1.54) is 0 Å². The maximum atomic E-state index is 10.2. The molecule has 0 aliphatic heterocycles. The van der Waals surface area contributed by atoms with Crippen LogP contribution in [0.4, 0.5) is 5.69 Å². The Morgan fingerprint density at radius 1 is 1.54 bits per heavy atom. The van der Waals surface area contributed by atoms with Gasteiger partial charge in [0.25, 0.3) is 0 Å². The number of pyridine rings is 1. The number of carbonyl (C=O) groups is 2. The number of aromatic nitrogens is 1. The molecule has 0 amide bonds. The number of anilines is 1. The zero-order valence-electron chi connectivity index (χ0n) is 7.14. The number of nitrogens with zero attached hydrogens (tertiary/aromatic N) is 1. The number of nitrogen functional groups attached to an aromatic ring is 1. The van der Waals surface area contributed by atoms with Crippen LogP contribution in [0, 0.1) is 0 Å². The van der Waals surface area contributed by atoms with Gasteiger partial charge in [0.1, 0.15) is 12.7 Å². The highest BCUT2D eigenvalue weighted by Gasteiger charge is 2.00. The molecule has 0 bridgehead atoms. The summed E-state index contributed by atoms with van der Waals surface area (Å²) >= 11 is 0. The number of nitrogens with two attached hydrogens (primary N) is 1. The molecule has 0 radical (unpaired) electrons. The van der Waals surface area contributed by atoms with Crippen LogP contribution in [0.3, 0.4) is 0 Å². The number of carbonyl (C=O) groups excluding carboxylic acids is 2. The molecule has 5 nitrogen and oxygen atoms in total. The predicted octanol–water partition coefficient (Wildman–Crippen LogP) is -1.73. The zero-order valence-corrected chi connectivity index (χ0v) is 7.14. The Balaban J connectivity index is 0.000000424. The lowest BCUT2D eigenvalue weighted by Gasteiger charge is -1.92. The highest BCUT2D eigenvalue weighted by atomic mass is 16.3. The van der Waals surface area contributed by atoms with Gasteiger partial charge in [0, 0.05) is 18.1 Å². The van der Waals surface area contributed by atoms with Gasteiger partial charge in [-0.1, -0.05) is 0 Å². The lowest BCUT2D eigenvalue weighted by atomic mass is 10.2. The molecule has 0 spiro atoms. The van der Waals surface area contributed by atoms with E-state index in [0.29, 0.717) is 11.3 Å². The van der Waals surface area contributed by atoms with Crippen LogP contribution in [0.1, 0.15) is 10.4 Å². The summed E-state index contributed by atoms with van der Waals surface area (Å²) in [5, 5.41) is 8.25. The first-order valence-electron chi connectivity index (χ1n) is 3.41. The molecule has 1 heterocycles. The minimum absolute atomic E-state index is 0.500. The molecule has 0 fully saturated rings. The maximum Gasteiger partial charge on any atom is 0.192 e. The van der Waals surface area contributed by atoms with Gasteiger partial charge in [-0.25, -0.2) is 4.57 Å². The van der Waals surface area contributed by atoms with Crippen molar-refractivity contribution in [3.05, 3.63) is 24.0 Å². The summed E-state index contributed by atoms with van der Waals surface area (Å²) in [6.45, 7) is -0.500. The van der Waals surface area contributed by atoms with Gasteiger partial charge in [0.05, 0.1) is 0 Å². The molecule has 0 aromatic carbocycles. The average molecular weight is 182 g/mol. The Bertz CT molecular complexity index is 299. The summed E-state index contributed by atoms with van der Waals surface area (Å²) < 4.78 is 1.79. The van der Waals surface area contributed by atoms with E-state index >= 15 is 0 Å². The van der Waals surface area contributed by atoms with Crippen molar-refractivity contribution in [2.24, 2.45) is 7.05 Å². The van der Waals surface area contributed by atoms with E-state index < -0.39 is 6.47 Å². The SMILES string of the molecule is C[n+]1ccc(C=O)c(N)c1.O=C[O-]. The van der Waals surface area contributed by atoms with Crippen molar-refractivity contribution < 1.29 is 19.3 Å². The van der Waals surface area contributed by atoms with Crippen molar-refractivity contribution >= 4 is 18.4 Å². The van der Waals surface area contributed by atoms with Crippen LogP contribution < -0.4 is 15.4 Å². The van der Waals surface area contributed by atoms with Crippen LogP contribution in [0.2, 0.25) is 0 Å². The molecule has 1 aromatic heterocycles. The van der Waals surface area contributed by atoms with Crippen LogP contribution in [0.25, 0.3) is 0 Å². The molecular formula is C8H10N2O3. The molecule has 0 saturated carbocycles. The van der Waals surface area contributed by atoms with Gasteiger partial charge < -0.3 is 15.6 Å². The Kier molecular flexibility index (Phi) is 4.87. The first-order chi connectivity index (χ1) is 6.15. The fourth-order valence-corrected chi connectivity index (χ4v) is 0.738. The van der Waals surface area contributed by atoms with Gasteiger partial charge in [-0.05, 0) is 0 Å². The predicted molar refractivity (Wildman–Crippen MR) is 43.5 cm³/mol. The second-order valence-electron chi connectivity index (χ2n) is 2.24. The van der Waals surface area contributed by atoms with Crippen molar-refractivity contribution in [1.82, 2.24) is 0 Å². The average Bonchev–Trinajstić information content (AvgIpc) is 2.06. The third kappa shape index (κ3) is 3.85. The minimum atomic E-state index is -0.500. The molecule has 0 atom stereocenters. The molecule has 13 heavy (non-hydrogen) atoms. The van der Waals surface area contributed by atoms with E-state index in [1.807, 2.05) is 7.05 Å². The van der Waals surface area contributed by atoms with Gasteiger partial charge in [0.15, 0.2) is 18.7 Å². The third-order valence-corrected chi connectivity index (χ3v) is 1.29. The maximum absolute atomic E-state index is 10.2. The molecule has 1 aromatic rings. The fraction of sp³-hybridized carbons (Fsp3) is 0.125. The van der Waals surface area contributed by atoms with Crippen LogP contribution in [-0.4, -0.2) is 12.8 Å². The Morgan fingerprint density at radius 3 is 2.46 bits per heavy atom. The monoisotopic (exact) mass is 182 g/mol. The Hall–Kier alpha value is -1.91. The normalized spacial score (nSPS) is 8.08. The summed E-state index contributed by atoms with van der Waals surface area (Å²) in [5.41, 5.74) is 6.53. The van der Waals surface area contributed by atoms with E-state index in [9.17, 15) is 4.79 Å². The van der Waals surface area contributed by atoms with Gasteiger partial charge in [-0.3, -0.25) is 4.79 Å². The van der Waals surface area contributed by atoms with Crippen LogP contribution in [-0.2, 0) is 11.8 Å². The standard InChI is InChI=1S/C7H8N2O.CH2O2/c1-9-3-2-6(5-10)7(8)4-9;2-1-3/h2-5H,1H3,(H-,8,10);1H,(H,2,3). The smallest absolute Gasteiger partial charge is 0.192 e. The van der Waals surface area contributed by atoms with E-state index in [0.717, 1.165) is 6.29 Å². The van der Waals surface area contributed by atoms with Gasteiger partial charge in [0.2, 0.25) is 0 Å². The number of rotatable bonds is 1. The Morgan fingerprint density at radius 2 is 2.08 bits per heavy atom. The van der Waals surface area contributed by atoms with Crippen molar-refractivity contribution in [2.45, 2.75) is 0 Å². The van der Waals surface area contributed by atoms with Gasteiger partial charge >= 0.3 is 0 Å². The van der Waals surface area contributed by atoms with Crippen LogP contribution >= 0.6 is 0 Å². The lowest BCUT2D eigenvalue weighted by Crippen LogP contribution is -2.27. The zero-order chi connectivity index (χ0) is 10.3.